The summed E-state index contributed by atoms with van der Waals surface area (Å²) in [5, 5.41) is 11.0. The first-order valence-corrected chi connectivity index (χ1v) is 7.67. The highest BCUT2D eigenvalue weighted by molar-refractivity contribution is 7.11. The number of anilines is 2. The van der Waals surface area contributed by atoms with Gasteiger partial charge < -0.3 is 15.7 Å². The first kappa shape index (κ1) is 13.4. The highest BCUT2D eigenvalue weighted by atomic mass is 32.1. The normalized spacial score (nSPS) is 23.0. The van der Waals surface area contributed by atoms with Crippen molar-refractivity contribution in [2.45, 2.75) is 19.4 Å². The van der Waals surface area contributed by atoms with Crippen molar-refractivity contribution >= 4 is 22.4 Å². The molecule has 4 nitrogen and oxygen atoms in total. The van der Waals surface area contributed by atoms with Gasteiger partial charge in [0.1, 0.15) is 10.8 Å². The third-order valence-electron chi connectivity index (χ3n) is 3.91. The zero-order valence-electron chi connectivity index (χ0n) is 11.5. The second-order valence-corrected chi connectivity index (χ2v) is 6.15. The van der Waals surface area contributed by atoms with E-state index in [9.17, 15) is 5.11 Å². The largest absolute Gasteiger partial charge is 0.393 e. The Hall–Kier alpha value is -1.59. The van der Waals surface area contributed by atoms with E-state index < -0.39 is 0 Å². The molecule has 1 fully saturated rings. The minimum atomic E-state index is -0.198. The molecular formula is C15H19N3OS. The van der Waals surface area contributed by atoms with E-state index in [0.717, 1.165) is 35.6 Å². The summed E-state index contributed by atoms with van der Waals surface area (Å²) in [6.07, 6.45) is 0.601. The number of hydrogen-bond donors (Lipinski definition) is 2. The Labute approximate surface area is 123 Å². The summed E-state index contributed by atoms with van der Waals surface area (Å²) < 4.78 is 4.33. The van der Waals surface area contributed by atoms with Crippen LogP contribution in [0.1, 0.15) is 13.3 Å². The summed E-state index contributed by atoms with van der Waals surface area (Å²) in [4.78, 5) is 2.30. The van der Waals surface area contributed by atoms with Gasteiger partial charge in [-0.15, -0.1) is 0 Å². The summed E-state index contributed by atoms with van der Waals surface area (Å²) in [6, 6.07) is 10.1. The van der Waals surface area contributed by atoms with Crippen molar-refractivity contribution in [3.63, 3.8) is 0 Å². The summed E-state index contributed by atoms with van der Waals surface area (Å²) in [6.45, 7) is 3.79. The third kappa shape index (κ3) is 2.39. The summed E-state index contributed by atoms with van der Waals surface area (Å²) in [7, 11) is 0. The molecule has 1 aliphatic rings. The van der Waals surface area contributed by atoms with Crippen LogP contribution in [0.25, 0.3) is 11.1 Å². The Balaban J connectivity index is 1.96. The van der Waals surface area contributed by atoms with E-state index in [4.69, 9.17) is 5.73 Å². The fourth-order valence-electron chi connectivity index (χ4n) is 2.70. The van der Waals surface area contributed by atoms with Crippen LogP contribution in [0.3, 0.4) is 0 Å². The number of hydrogen-bond acceptors (Lipinski definition) is 5. The molecule has 2 aromatic rings. The van der Waals surface area contributed by atoms with E-state index in [0.29, 0.717) is 5.82 Å². The van der Waals surface area contributed by atoms with Gasteiger partial charge in [0.25, 0.3) is 0 Å². The van der Waals surface area contributed by atoms with Crippen molar-refractivity contribution in [2.24, 2.45) is 5.92 Å². The van der Waals surface area contributed by atoms with Crippen LogP contribution in [0.15, 0.2) is 30.3 Å². The SMILES string of the molecule is CC1CN(c2snc(N)c2-c2ccccc2)CCC1O. The predicted octanol–water partition coefficient (Wildman–Crippen LogP) is 2.60. The molecule has 106 valence electrons. The molecule has 0 radical (unpaired) electrons. The quantitative estimate of drug-likeness (QED) is 0.892. The molecule has 3 N–H and O–H groups in total. The monoisotopic (exact) mass is 289 g/mol. The van der Waals surface area contributed by atoms with Gasteiger partial charge in [-0.2, -0.15) is 4.37 Å². The molecule has 2 heterocycles. The van der Waals surface area contributed by atoms with Crippen LogP contribution in [0.5, 0.6) is 0 Å². The number of benzene rings is 1. The molecule has 1 aromatic carbocycles. The number of aliphatic hydroxyl groups is 1. The molecule has 0 amide bonds. The molecule has 2 atom stereocenters. The minimum absolute atomic E-state index is 0.198. The molecule has 20 heavy (non-hydrogen) atoms. The number of nitrogens with two attached hydrogens (primary N) is 1. The van der Waals surface area contributed by atoms with Gasteiger partial charge in [-0.3, -0.25) is 0 Å². The van der Waals surface area contributed by atoms with Crippen molar-refractivity contribution < 1.29 is 5.11 Å². The number of aromatic nitrogens is 1. The van der Waals surface area contributed by atoms with Gasteiger partial charge in [0.05, 0.1) is 11.7 Å². The van der Waals surface area contributed by atoms with E-state index >= 15 is 0 Å². The average Bonchev–Trinajstić information content (AvgIpc) is 2.85. The van der Waals surface area contributed by atoms with Crippen LogP contribution in [0.4, 0.5) is 10.8 Å². The van der Waals surface area contributed by atoms with Gasteiger partial charge in [0, 0.05) is 13.1 Å². The zero-order chi connectivity index (χ0) is 14.1. The smallest absolute Gasteiger partial charge is 0.147 e. The second-order valence-electron chi connectivity index (χ2n) is 5.39. The highest BCUT2D eigenvalue weighted by Gasteiger charge is 2.27. The Morgan fingerprint density at radius 3 is 2.80 bits per heavy atom. The van der Waals surface area contributed by atoms with Crippen LogP contribution in [0, 0.1) is 5.92 Å². The van der Waals surface area contributed by atoms with Gasteiger partial charge in [0.15, 0.2) is 0 Å². The zero-order valence-corrected chi connectivity index (χ0v) is 12.3. The van der Waals surface area contributed by atoms with Crippen LogP contribution in [0.2, 0.25) is 0 Å². The lowest BCUT2D eigenvalue weighted by Gasteiger charge is -2.35. The lowest BCUT2D eigenvalue weighted by molar-refractivity contribution is 0.0973. The van der Waals surface area contributed by atoms with Crippen LogP contribution in [-0.4, -0.2) is 28.7 Å². The van der Waals surface area contributed by atoms with Crippen LogP contribution >= 0.6 is 11.5 Å². The van der Waals surface area contributed by atoms with E-state index in [1.165, 1.54) is 11.5 Å². The molecule has 1 saturated heterocycles. The Morgan fingerprint density at radius 1 is 1.35 bits per heavy atom. The first-order chi connectivity index (χ1) is 9.66. The van der Waals surface area contributed by atoms with E-state index in [1.54, 1.807) is 0 Å². The van der Waals surface area contributed by atoms with Crippen molar-refractivity contribution in [1.82, 2.24) is 4.37 Å². The fourth-order valence-corrected chi connectivity index (χ4v) is 3.57. The van der Waals surface area contributed by atoms with Crippen molar-refractivity contribution in [2.75, 3.05) is 23.7 Å². The standard InChI is InChI=1S/C15H19N3OS/c1-10-9-18(8-7-12(10)19)15-13(14(16)17-20-15)11-5-3-2-4-6-11/h2-6,10,12,19H,7-9H2,1H3,(H2,16,17). The van der Waals surface area contributed by atoms with Crippen LogP contribution < -0.4 is 10.6 Å². The second kappa shape index (κ2) is 5.42. The number of nitrogens with zero attached hydrogens (tertiary/aromatic N) is 2. The van der Waals surface area contributed by atoms with Crippen molar-refractivity contribution in [1.29, 1.82) is 0 Å². The number of piperidine rings is 1. The molecule has 5 heteroatoms. The average molecular weight is 289 g/mol. The van der Waals surface area contributed by atoms with Crippen LogP contribution in [-0.2, 0) is 0 Å². The lowest BCUT2D eigenvalue weighted by atomic mass is 9.96. The number of aliphatic hydroxyl groups excluding tert-OH is 1. The Bertz CT molecular complexity index is 584. The maximum Gasteiger partial charge on any atom is 0.147 e. The highest BCUT2D eigenvalue weighted by Crippen LogP contribution is 2.40. The van der Waals surface area contributed by atoms with E-state index in [-0.39, 0.29) is 12.0 Å². The molecule has 3 rings (SSSR count). The topological polar surface area (TPSA) is 62.4 Å². The molecule has 0 saturated carbocycles. The van der Waals surface area contributed by atoms with Gasteiger partial charge in [-0.25, -0.2) is 0 Å². The van der Waals surface area contributed by atoms with Crippen molar-refractivity contribution in [3.05, 3.63) is 30.3 Å². The molecule has 2 unspecified atom stereocenters. The van der Waals surface area contributed by atoms with E-state index in [2.05, 4.69) is 28.3 Å². The lowest BCUT2D eigenvalue weighted by Crippen LogP contribution is -2.41. The van der Waals surface area contributed by atoms with Gasteiger partial charge in [-0.05, 0) is 29.4 Å². The number of nitrogen functional groups attached to an aromatic ring is 1. The molecule has 1 aromatic heterocycles. The summed E-state index contributed by atoms with van der Waals surface area (Å²) >= 11 is 1.45. The third-order valence-corrected chi connectivity index (χ3v) is 4.83. The van der Waals surface area contributed by atoms with Gasteiger partial charge in [0.2, 0.25) is 0 Å². The van der Waals surface area contributed by atoms with Gasteiger partial charge >= 0.3 is 0 Å². The van der Waals surface area contributed by atoms with Gasteiger partial charge in [-0.1, -0.05) is 37.3 Å². The fraction of sp³-hybridized carbons (Fsp3) is 0.400. The molecule has 1 aliphatic heterocycles. The molecular weight excluding hydrogens is 270 g/mol. The summed E-state index contributed by atoms with van der Waals surface area (Å²) in [5.41, 5.74) is 8.20. The van der Waals surface area contributed by atoms with Crippen molar-refractivity contribution in [3.8, 4) is 11.1 Å². The summed E-state index contributed by atoms with van der Waals surface area (Å²) in [5.74, 6) is 0.866. The Morgan fingerprint density at radius 2 is 2.10 bits per heavy atom. The first-order valence-electron chi connectivity index (χ1n) is 6.90. The number of rotatable bonds is 2. The molecule has 0 spiro atoms. The maximum atomic E-state index is 9.87. The minimum Gasteiger partial charge on any atom is -0.393 e. The molecule has 0 bridgehead atoms. The maximum absolute atomic E-state index is 9.87. The Kier molecular flexibility index (Phi) is 3.63. The predicted molar refractivity (Wildman–Crippen MR) is 84.0 cm³/mol. The molecule has 0 aliphatic carbocycles. The van der Waals surface area contributed by atoms with E-state index in [1.807, 2.05) is 18.2 Å².